The van der Waals surface area contributed by atoms with Crippen molar-refractivity contribution in [1.82, 2.24) is 16.5 Å². The van der Waals surface area contributed by atoms with E-state index in [-0.39, 0.29) is 0 Å². The van der Waals surface area contributed by atoms with E-state index < -0.39 is 13.9 Å². The fourth-order valence-electron chi connectivity index (χ4n) is 2.72. The molecule has 3 fully saturated rings. The zero-order chi connectivity index (χ0) is 11.1. The molecule has 0 N–H and O–H groups in total. The summed E-state index contributed by atoms with van der Waals surface area (Å²) in [6.07, 6.45) is 0. The summed E-state index contributed by atoms with van der Waals surface area (Å²) in [4.78, 5) is 2.60. The van der Waals surface area contributed by atoms with Crippen LogP contribution in [0.3, 0.4) is 0 Å². The quantitative estimate of drug-likeness (QED) is 0.561. The normalized spacial score (nSPS) is 41.2. The van der Waals surface area contributed by atoms with Gasteiger partial charge in [-0.2, -0.15) is 0 Å². The predicted octanol–water partition coefficient (Wildman–Crippen LogP) is -0.320. The Balaban J connectivity index is 2.29. The molecule has 0 atom stereocenters. The Labute approximate surface area is 96.8 Å². The van der Waals surface area contributed by atoms with E-state index in [4.69, 9.17) is 0 Å². The van der Waals surface area contributed by atoms with Gasteiger partial charge in [-0.3, -0.25) is 0 Å². The third-order valence-corrected chi connectivity index (χ3v) is 14.9. The molecule has 5 heteroatoms. The molecule has 15 heavy (non-hydrogen) atoms. The first kappa shape index (κ1) is 11.9. The zero-order valence-corrected chi connectivity index (χ0v) is 12.6. The van der Waals surface area contributed by atoms with Crippen LogP contribution in [0.2, 0.25) is 5.76 Å². The number of hydrogen-bond donors (Lipinski definition) is 0. The Morgan fingerprint density at radius 1 is 0.667 bits per heavy atom. The fraction of sp³-hybridized carbons (Fsp3) is 1.00. The van der Waals surface area contributed by atoms with E-state index in [1.165, 1.54) is 39.3 Å². The summed E-state index contributed by atoms with van der Waals surface area (Å²) < 4.78 is 7.97. The number of hydrogen-bond acceptors (Lipinski definition) is 4. The molecule has 3 heterocycles. The summed E-state index contributed by atoms with van der Waals surface area (Å²) >= 11 is -2.08. The minimum absolute atomic E-state index is 1.24. The van der Waals surface area contributed by atoms with E-state index in [0.29, 0.717) is 0 Å². The Kier molecular flexibility index (Phi) is 3.42. The van der Waals surface area contributed by atoms with Crippen LogP contribution in [0.4, 0.5) is 0 Å². The van der Waals surface area contributed by atoms with Gasteiger partial charge in [0.1, 0.15) is 0 Å². The number of rotatable bonds is 0. The van der Waals surface area contributed by atoms with Gasteiger partial charge in [0.25, 0.3) is 0 Å². The van der Waals surface area contributed by atoms with Crippen LogP contribution in [0.1, 0.15) is 0 Å². The molecule has 3 aliphatic heterocycles. The Hall–Kier alpha value is 0.383. The molecule has 0 spiro atoms. The molecular formula is C10H24GeN4. The molecule has 0 aromatic rings. The van der Waals surface area contributed by atoms with Crippen molar-refractivity contribution in [2.45, 2.75) is 5.76 Å². The predicted molar refractivity (Wildman–Crippen MR) is 65.9 cm³/mol. The second-order valence-electron chi connectivity index (χ2n) is 5.08. The van der Waals surface area contributed by atoms with E-state index in [9.17, 15) is 0 Å². The molecule has 0 aliphatic carbocycles. The van der Waals surface area contributed by atoms with E-state index in [1.54, 1.807) is 0 Å². The summed E-state index contributed by atoms with van der Waals surface area (Å²) in [6.45, 7) is 7.51. The Bertz CT molecular complexity index is 199. The van der Waals surface area contributed by atoms with Gasteiger partial charge < -0.3 is 0 Å². The SMILES string of the molecule is C[N]1CCN2CC[N](C)[Ge]1([CH3])[N](C)CC2. The molecule has 2 bridgehead atoms. The van der Waals surface area contributed by atoms with Crippen LogP contribution in [0.5, 0.6) is 0 Å². The molecule has 3 rings (SSSR count). The van der Waals surface area contributed by atoms with Crippen LogP contribution in [0.25, 0.3) is 0 Å². The summed E-state index contributed by atoms with van der Waals surface area (Å²) in [7, 11) is 6.96. The van der Waals surface area contributed by atoms with Crippen molar-refractivity contribution in [1.29, 1.82) is 0 Å². The standard InChI is InChI=1S/C10H24GeN4/c1-11-12(2)5-8-15(9-6-13(11)3)10-7-14(11)4/h5-10H2,1-4H3. The van der Waals surface area contributed by atoms with Gasteiger partial charge >= 0.3 is 96.6 Å². The molecular weight excluding hydrogens is 249 g/mol. The van der Waals surface area contributed by atoms with E-state index in [2.05, 4.69) is 43.4 Å². The van der Waals surface area contributed by atoms with Crippen molar-refractivity contribution < 1.29 is 0 Å². The van der Waals surface area contributed by atoms with Crippen molar-refractivity contribution in [3.8, 4) is 0 Å². The van der Waals surface area contributed by atoms with E-state index in [0.717, 1.165) is 0 Å². The third kappa shape index (κ3) is 1.98. The van der Waals surface area contributed by atoms with Gasteiger partial charge in [-0.05, 0) is 0 Å². The molecule has 0 radical (unpaired) electrons. The van der Waals surface area contributed by atoms with Crippen LogP contribution in [0, 0.1) is 0 Å². The van der Waals surface area contributed by atoms with Gasteiger partial charge in [-0.1, -0.05) is 0 Å². The van der Waals surface area contributed by atoms with Gasteiger partial charge in [-0.15, -0.1) is 0 Å². The topological polar surface area (TPSA) is 13.0 Å². The van der Waals surface area contributed by atoms with Crippen LogP contribution >= 0.6 is 0 Å². The van der Waals surface area contributed by atoms with Crippen molar-refractivity contribution in [3.63, 3.8) is 0 Å². The van der Waals surface area contributed by atoms with E-state index >= 15 is 0 Å². The second kappa shape index (κ2) is 4.33. The van der Waals surface area contributed by atoms with Crippen LogP contribution in [-0.4, -0.2) is 90.8 Å². The first-order chi connectivity index (χ1) is 7.05. The van der Waals surface area contributed by atoms with Crippen molar-refractivity contribution in [2.75, 3.05) is 60.4 Å². The van der Waals surface area contributed by atoms with Crippen LogP contribution in [-0.2, 0) is 0 Å². The number of likely N-dealkylation sites (N-methyl/N-ethyl adjacent to an activating group) is 3. The van der Waals surface area contributed by atoms with E-state index in [1.807, 2.05) is 0 Å². The van der Waals surface area contributed by atoms with Crippen LogP contribution < -0.4 is 0 Å². The van der Waals surface area contributed by atoms with Crippen molar-refractivity contribution >= 4 is 13.9 Å². The Morgan fingerprint density at radius 3 is 1.33 bits per heavy atom. The molecule has 3 saturated heterocycles. The fourth-order valence-corrected chi connectivity index (χ4v) is 9.68. The second-order valence-corrected chi connectivity index (χ2v) is 14.0. The first-order valence-corrected chi connectivity index (χ1v) is 10.8. The van der Waals surface area contributed by atoms with Gasteiger partial charge in [0.05, 0.1) is 0 Å². The molecule has 0 unspecified atom stereocenters. The average molecular weight is 273 g/mol. The van der Waals surface area contributed by atoms with Crippen LogP contribution in [0.15, 0.2) is 0 Å². The molecule has 0 aromatic carbocycles. The van der Waals surface area contributed by atoms with Gasteiger partial charge in [-0.25, -0.2) is 0 Å². The molecule has 3 aliphatic rings. The monoisotopic (exact) mass is 274 g/mol. The number of nitrogens with zero attached hydrogens (tertiary/aromatic N) is 4. The molecule has 0 aromatic heterocycles. The molecule has 0 amide bonds. The first-order valence-electron chi connectivity index (χ1n) is 5.91. The van der Waals surface area contributed by atoms with Crippen molar-refractivity contribution in [2.24, 2.45) is 0 Å². The number of fused-ring (bicyclic) bond motifs is 6. The summed E-state index contributed by atoms with van der Waals surface area (Å²) in [6, 6.07) is 0. The summed E-state index contributed by atoms with van der Waals surface area (Å²) in [5, 5.41) is 0. The molecule has 88 valence electrons. The van der Waals surface area contributed by atoms with Gasteiger partial charge in [0.15, 0.2) is 0 Å². The van der Waals surface area contributed by atoms with Gasteiger partial charge in [0, 0.05) is 0 Å². The zero-order valence-electron chi connectivity index (χ0n) is 10.5. The Morgan fingerprint density at radius 2 is 1.00 bits per heavy atom. The molecule has 0 saturated carbocycles. The maximum absolute atomic E-state index is 2.66. The maximum atomic E-state index is 2.66. The minimum atomic E-state index is -2.08. The molecule has 4 nitrogen and oxygen atoms in total. The summed E-state index contributed by atoms with van der Waals surface area (Å²) in [5.41, 5.74) is 0. The van der Waals surface area contributed by atoms with Crippen molar-refractivity contribution in [3.05, 3.63) is 0 Å². The van der Waals surface area contributed by atoms with Gasteiger partial charge in [0.2, 0.25) is 0 Å². The third-order valence-electron chi connectivity index (χ3n) is 4.42. The summed E-state index contributed by atoms with van der Waals surface area (Å²) in [5.74, 6) is 2.53. The average Bonchev–Trinajstić information content (AvgIpc) is 2.22.